The van der Waals surface area contributed by atoms with Crippen LogP contribution in [0.15, 0.2) is 24.3 Å². The lowest BCUT2D eigenvalue weighted by Crippen LogP contribution is -2.33. The van der Waals surface area contributed by atoms with Crippen molar-refractivity contribution in [2.75, 3.05) is 38.3 Å². The highest BCUT2D eigenvalue weighted by Crippen LogP contribution is 2.28. The Hall–Kier alpha value is -1.06. The Morgan fingerprint density at radius 2 is 1.90 bits per heavy atom. The Balaban J connectivity index is 3.05. The molecule has 0 radical (unpaired) electrons. The number of hydrogen-bond donors (Lipinski definition) is 1. The van der Waals surface area contributed by atoms with E-state index in [4.69, 9.17) is 4.74 Å². The standard InChI is InChI=1S/C18H32N2O/c1-6-17(19-7-2)16-10-8-9-11-18(16)20(12-13-21-5)14-15(3)4/h8-11,15,17,19H,6-7,12-14H2,1-5H3. The second-order valence-corrected chi connectivity index (χ2v) is 5.91. The first kappa shape index (κ1) is 18.0. The van der Waals surface area contributed by atoms with Crippen molar-refractivity contribution in [3.63, 3.8) is 0 Å². The molecule has 0 fully saturated rings. The minimum Gasteiger partial charge on any atom is -0.383 e. The van der Waals surface area contributed by atoms with Crippen LogP contribution in [0.2, 0.25) is 0 Å². The van der Waals surface area contributed by atoms with E-state index < -0.39 is 0 Å². The van der Waals surface area contributed by atoms with Crippen LogP contribution in [0.5, 0.6) is 0 Å². The molecule has 1 N–H and O–H groups in total. The fraction of sp³-hybridized carbons (Fsp3) is 0.667. The second-order valence-electron chi connectivity index (χ2n) is 5.91. The summed E-state index contributed by atoms with van der Waals surface area (Å²) in [6, 6.07) is 9.20. The molecule has 3 nitrogen and oxygen atoms in total. The van der Waals surface area contributed by atoms with Crippen LogP contribution in [0.4, 0.5) is 5.69 Å². The Morgan fingerprint density at radius 1 is 1.19 bits per heavy atom. The van der Waals surface area contributed by atoms with Gasteiger partial charge in [-0.3, -0.25) is 0 Å². The van der Waals surface area contributed by atoms with E-state index >= 15 is 0 Å². The molecule has 120 valence electrons. The van der Waals surface area contributed by atoms with Gasteiger partial charge in [-0.15, -0.1) is 0 Å². The van der Waals surface area contributed by atoms with Crippen LogP contribution in [-0.2, 0) is 4.74 Å². The number of anilines is 1. The van der Waals surface area contributed by atoms with Crippen molar-refractivity contribution in [2.45, 2.75) is 40.2 Å². The average molecular weight is 292 g/mol. The van der Waals surface area contributed by atoms with E-state index in [0.717, 1.165) is 32.7 Å². The van der Waals surface area contributed by atoms with Crippen LogP contribution in [0, 0.1) is 5.92 Å². The van der Waals surface area contributed by atoms with Gasteiger partial charge in [0.25, 0.3) is 0 Å². The Kier molecular flexibility index (Phi) is 8.40. The summed E-state index contributed by atoms with van der Waals surface area (Å²) in [7, 11) is 1.77. The Bertz CT molecular complexity index is 393. The van der Waals surface area contributed by atoms with E-state index in [-0.39, 0.29) is 0 Å². The molecule has 1 aromatic rings. The van der Waals surface area contributed by atoms with Crippen LogP contribution >= 0.6 is 0 Å². The molecule has 0 aliphatic carbocycles. The molecule has 0 saturated heterocycles. The fourth-order valence-electron chi connectivity index (χ4n) is 2.74. The summed E-state index contributed by atoms with van der Waals surface area (Å²) in [5.41, 5.74) is 2.75. The van der Waals surface area contributed by atoms with Gasteiger partial charge in [0, 0.05) is 31.9 Å². The van der Waals surface area contributed by atoms with Gasteiger partial charge in [0.05, 0.1) is 6.61 Å². The predicted octanol–water partition coefficient (Wildman–Crippen LogP) is 3.86. The van der Waals surface area contributed by atoms with E-state index in [0.29, 0.717) is 12.0 Å². The molecule has 0 aliphatic heterocycles. The van der Waals surface area contributed by atoms with E-state index in [2.05, 4.69) is 62.2 Å². The number of benzene rings is 1. The summed E-state index contributed by atoms with van der Waals surface area (Å²) < 4.78 is 5.29. The molecular formula is C18H32N2O. The average Bonchev–Trinajstić information content (AvgIpc) is 2.49. The highest BCUT2D eigenvalue weighted by atomic mass is 16.5. The Labute approximate surface area is 130 Å². The number of nitrogens with one attached hydrogen (secondary N) is 1. The maximum atomic E-state index is 5.29. The van der Waals surface area contributed by atoms with Gasteiger partial charge in [-0.05, 0) is 30.5 Å². The van der Waals surface area contributed by atoms with E-state index in [9.17, 15) is 0 Å². The fourth-order valence-corrected chi connectivity index (χ4v) is 2.74. The van der Waals surface area contributed by atoms with E-state index in [1.807, 2.05) is 0 Å². The van der Waals surface area contributed by atoms with E-state index in [1.54, 1.807) is 7.11 Å². The molecule has 1 atom stereocenters. The zero-order valence-electron chi connectivity index (χ0n) is 14.4. The van der Waals surface area contributed by atoms with Crippen LogP contribution in [-0.4, -0.2) is 33.4 Å². The monoisotopic (exact) mass is 292 g/mol. The third-order valence-corrected chi connectivity index (χ3v) is 3.66. The molecule has 21 heavy (non-hydrogen) atoms. The smallest absolute Gasteiger partial charge is 0.0637 e. The van der Waals surface area contributed by atoms with Crippen molar-refractivity contribution in [3.05, 3.63) is 29.8 Å². The summed E-state index contributed by atoms with van der Waals surface area (Å²) in [5, 5.41) is 3.60. The van der Waals surface area contributed by atoms with Gasteiger partial charge < -0.3 is 15.0 Å². The first-order chi connectivity index (χ1) is 10.1. The van der Waals surface area contributed by atoms with Gasteiger partial charge in [-0.2, -0.15) is 0 Å². The van der Waals surface area contributed by atoms with Crippen molar-refractivity contribution in [1.29, 1.82) is 0 Å². The molecule has 0 aliphatic rings. The van der Waals surface area contributed by atoms with Crippen molar-refractivity contribution in [1.82, 2.24) is 5.32 Å². The number of hydrogen-bond acceptors (Lipinski definition) is 3. The van der Waals surface area contributed by atoms with Crippen molar-refractivity contribution in [3.8, 4) is 0 Å². The highest BCUT2D eigenvalue weighted by molar-refractivity contribution is 5.55. The van der Waals surface area contributed by atoms with Crippen molar-refractivity contribution < 1.29 is 4.74 Å². The molecule has 0 aromatic heterocycles. The summed E-state index contributed by atoms with van der Waals surface area (Å²) in [6.45, 7) is 12.7. The summed E-state index contributed by atoms with van der Waals surface area (Å²) >= 11 is 0. The normalized spacial score (nSPS) is 12.7. The lowest BCUT2D eigenvalue weighted by molar-refractivity contribution is 0.204. The van der Waals surface area contributed by atoms with Gasteiger partial charge in [0.2, 0.25) is 0 Å². The third-order valence-electron chi connectivity index (χ3n) is 3.66. The molecule has 3 heteroatoms. The predicted molar refractivity (Wildman–Crippen MR) is 92.1 cm³/mol. The lowest BCUT2D eigenvalue weighted by atomic mass is 10.0. The SMILES string of the molecule is CCNC(CC)c1ccccc1N(CCOC)CC(C)C. The van der Waals surface area contributed by atoms with Crippen molar-refractivity contribution >= 4 is 5.69 Å². The zero-order valence-corrected chi connectivity index (χ0v) is 14.4. The van der Waals surface area contributed by atoms with Crippen LogP contribution in [0.1, 0.15) is 45.7 Å². The third kappa shape index (κ3) is 5.68. The van der Waals surface area contributed by atoms with Gasteiger partial charge in [-0.25, -0.2) is 0 Å². The molecule has 0 heterocycles. The van der Waals surface area contributed by atoms with Crippen LogP contribution < -0.4 is 10.2 Å². The molecule has 0 bridgehead atoms. The molecule has 0 saturated carbocycles. The quantitative estimate of drug-likeness (QED) is 0.709. The summed E-state index contributed by atoms with van der Waals surface area (Å²) in [5.74, 6) is 0.633. The molecule has 0 amide bonds. The number of rotatable bonds is 10. The molecule has 1 unspecified atom stereocenters. The number of para-hydroxylation sites is 1. The minimum atomic E-state index is 0.420. The number of ether oxygens (including phenoxy) is 1. The lowest BCUT2D eigenvalue weighted by Gasteiger charge is -2.31. The second kappa shape index (κ2) is 9.80. The number of methoxy groups -OCH3 is 1. The van der Waals surface area contributed by atoms with Gasteiger partial charge >= 0.3 is 0 Å². The van der Waals surface area contributed by atoms with Crippen LogP contribution in [0.25, 0.3) is 0 Å². The topological polar surface area (TPSA) is 24.5 Å². The molecule has 1 aromatic carbocycles. The van der Waals surface area contributed by atoms with Gasteiger partial charge in [0.15, 0.2) is 0 Å². The van der Waals surface area contributed by atoms with E-state index in [1.165, 1.54) is 11.3 Å². The Morgan fingerprint density at radius 3 is 2.48 bits per heavy atom. The van der Waals surface area contributed by atoms with Gasteiger partial charge in [0.1, 0.15) is 0 Å². The molecule has 1 rings (SSSR count). The largest absolute Gasteiger partial charge is 0.383 e. The maximum absolute atomic E-state index is 5.29. The first-order valence-corrected chi connectivity index (χ1v) is 8.20. The number of nitrogens with zero attached hydrogens (tertiary/aromatic N) is 1. The summed E-state index contributed by atoms with van der Waals surface area (Å²) in [6.07, 6.45) is 1.10. The zero-order chi connectivity index (χ0) is 15.7. The van der Waals surface area contributed by atoms with Crippen molar-refractivity contribution in [2.24, 2.45) is 5.92 Å². The summed E-state index contributed by atoms with van der Waals surface area (Å²) in [4.78, 5) is 2.46. The highest BCUT2D eigenvalue weighted by Gasteiger charge is 2.17. The van der Waals surface area contributed by atoms with Gasteiger partial charge in [-0.1, -0.05) is 45.9 Å². The minimum absolute atomic E-state index is 0.420. The molecule has 0 spiro atoms. The van der Waals surface area contributed by atoms with Crippen LogP contribution in [0.3, 0.4) is 0 Å². The first-order valence-electron chi connectivity index (χ1n) is 8.20. The maximum Gasteiger partial charge on any atom is 0.0637 e. The molecular weight excluding hydrogens is 260 g/mol.